The van der Waals surface area contributed by atoms with Crippen molar-refractivity contribution in [2.24, 2.45) is 0 Å². The molecule has 0 amide bonds. The molecule has 0 aliphatic carbocycles. The Bertz CT molecular complexity index is 1560. The maximum absolute atomic E-state index is 14.9. The standard InChI is InChI=1S/C26H21F3N6O2S2/c1-36-23-8-7-19(11-24(23)37-2)38-13-18-12-30-26(35(18)17-5-3-16(27)4-6-17)39-14-20-21(28)9-15(10-22(20)29)25-31-33-34-32-25/h3-12H,13-14H2,1-2H3,(H,31,32,33,34). The molecule has 8 nitrogen and oxygen atoms in total. The molecule has 1 N–H and O–H groups in total. The van der Waals surface area contributed by atoms with Gasteiger partial charge in [-0.25, -0.2) is 18.2 Å². The molecule has 0 saturated carbocycles. The first-order chi connectivity index (χ1) is 19.0. The van der Waals surface area contributed by atoms with E-state index >= 15 is 0 Å². The van der Waals surface area contributed by atoms with Crippen LogP contribution in [0.4, 0.5) is 13.2 Å². The lowest BCUT2D eigenvalue weighted by atomic mass is 10.1. The maximum atomic E-state index is 14.9. The summed E-state index contributed by atoms with van der Waals surface area (Å²) in [5.41, 5.74) is 1.56. The highest BCUT2D eigenvalue weighted by Gasteiger charge is 2.18. The average Bonchev–Trinajstić information content (AvgIpc) is 3.62. The van der Waals surface area contributed by atoms with E-state index < -0.39 is 11.6 Å². The topological polar surface area (TPSA) is 90.7 Å². The van der Waals surface area contributed by atoms with Gasteiger partial charge in [0.25, 0.3) is 0 Å². The van der Waals surface area contributed by atoms with Crippen molar-refractivity contribution in [2.75, 3.05) is 14.2 Å². The highest BCUT2D eigenvalue weighted by atomic mass is 32.2. The first kappa shape index (κ1) is 26.6. The molecule has 0 bridgehead atoms. The van der Waals surface area contributed by atoms with Crippen molar-refractivity contribution in [3.05, 3.63) is 89.5 Å². The van der Waals surface area contributed by atoms with Gasteiger partial charge in [0.15, 0.2) is 16.7 Å². The quantitative estimate of drug-likeness (QED) is 0.202. The minimum absolute atomic E-state index is 0.0232. The van der Waals surface area contributed by atoms with Crippen molar-refractivity contribution >= 4 is 23.5 Å². The van der Waals surface area contributed by atoms with Crippen molar-refractivity contribution < 1.29 is 22.6 Å². The van der Waals surface area contributed by atoms with Crippen molar-refractivity contribution in [1.82, 2.24) is 30.2 Å². The SMILES string of the molecule is COc1ccc(SCc2cnc(SCc3c(F)cc(-c4nn[nH]n4)cc3F)n2-c2ccc(F)cc2)cc1OC. The number of hydrogen-bond donors (Lipinski definition) is 1. The second-order valence-corrected chi connectivity index (χ2v) is 10.1. The number of ether oxygens (including phenoxy) is 2. The molecule has 39 heavy (non-hydrogen) atoms. The summed E-state index contributed by atoms with van der Waals surface area (Å²) in [5.74, 6) is -0.0111. The van der Waals surface area contributed by atoms with Gasteiger partial charge in [0.05, 0.1) is 26.1 Å². The summed E-state index contributed by atoms with van der Waals surface area (Å²) in [5, 5.41) is 13.7. The van der Waals surface area contributed by atoms with E-state index in [0.29, 0.717) is 28.1 Å². The summed E-state index contributed by atoms with van der Waals surface area (Å²) >= 11 is 2.71. The largest absolute Gasteiger partial charge is 0.493 e. The number of imidazole rings is 1. The van der Waals surface area contributed by atoms with E-state index in [1.807, 2.05) is 22.8 Å². The van der Waals surface area contributed by atoms with Crippen molar-refractivity contribution in [1.29, 1.82) is 0 Å². The third kappa shape index (κ3) is 5.88. The number of H-pyrrole nitrogens is 1. The fourth-order valence-electron chi connectivity index (χ4n) is 3.79. The number of thioether (sulfide) groups is 2. The third-order valence-electron chi connectivity index (χ3n) is 5.72. The second kappa shape index (κ2) is 11.8. The van der Waals surface area contributed by atoms with Crippen LogP contribution in [-0.2, 0) is 11.5 Å². The number of aromatic amines is 1. The fourth-order valence-corrected chi connectivity index (χ4v) is 5.69. The molecule has 0 aliphatic heterocycles. The molecule has 0 saturated heterocycles. The zero-order valence-corrected chi connectivity index (χ0v) is 22.3. The molecule has 5 aromatic rings. The van der Waals surface area contributed by atoms with Crippen LogP contribution in [0, 0.1) is 17.5 Å². The molecule has 0 fully saturated rings. The van der Waals surface area contributed by atoms with Crippen LogP contribution in [0.25, 0.3) is 17.1 Å². The van der Waals surface area contributed by atoms with Crippen LogP contribution >= 0.6 is 23.5 Å². The van der Waals surface area contributed by atoms with Gasteiger partial charge >= 0.3 is 0 Å². The molecule has 0 aliphatic rings. The summed E-state index contributed by atoms with van der Waals surface area (Å²) < 4.78 is 56.0. The maximum Gasteiger partial charge on any atom is 0.204 e. The van der Waals surface area contributed by atoms with Crippen molar-refractivity contribution in [2.45, 2.75) is 21.6 Å². The molecule has 5 rings (SSSR count). The molecule has 2 heterocycles. The Labute approximate surface area is 230 Å². The minimum Gasteiger partial charge on any atom is -0.493 e. The Morgan fingerprint density at radius 3 is 2.28 bits per heavy atom. The normalized spacial score (nSPS) is 11.1. The summed E-state index contributed by atoms with van der Waals surface area (Å²) in [4.78, 5) is 5.46. The number of rotatable bonds is 10. The molecule has 0 radical (unpaired) electrons. The highest BCUT2D eigenvalue weighted by molar-refractivity contribution is 7.98. The first-order valence-corrected chi connectivity index (χ1v) is 13.5. The Morgan fingerprint density at radius 1 is 0.872 bits per heavy atom. The molecule has 13 heteroatoms. The Morgan fingerprint density at radius 2 is 1.62 bits per heavy atom. The van der Waals surface area contributed by atoms with Gasteiger partial charge in [-0.15, -0.1) is 22.0 Å². The Kier molecular flexibility index (Phi) is 8.07. The molecule has 0 unspecified atom stereocenters. The number of methoxy groups -OCH3 is 2. The number of tetrazole rings is 1. The molecule has 3 aromatic carbocycles. The van der Waals surface area contributed by atoms with Gasteiger partial charge in [-0.2, -0.15) is 5.21 Å². The summed E-state index contributed by atoms with van der Waals surface area (Å²) in [6.45, 7) is 0. The van der Waals surface area contributed by atoms with E-state index in [2.05, 4.69) is 25.6 Å². The summed E-state index contributed by atoms with van der Waals surface area (Å²) in [6.07, 6.45) is 1.70. The first-order valence-electron chi connectivity index (χ1n) is 11.5. The number of hydrogen-bond acceptors (Lipinski definition) is 8. The van der Waals surface area contributed by atoms with E-state index in [0.717, 1.165) is 10.6 Å². The Balaban J connectivity index is 1.40. The number of aromatic nitrogens is 6. The predicted octanol–water partition coefficient (Wildman–Crippen LogP) is 6.07. The lowest BCUT2D eigenvalue weighted by molar-refractivity contribution is 0.354. The highest BCUT2D eigenvalue weighted by Crippen LogP contribution is 2.35. The summed E-state index contributed by atoms with van der Waals surface area (Å²) in [6, 6.07) is 13.9. The van der Waals surface area contributed by atoms with Gasteiger partial charge in [0, 0.05) is 33.2 Å². The number of benzene rings is 3. The summed E-state index contributed by atoms with van der Waals surface area (Å²) in [7, 11) is 3.15. The van der Waals surface area contributed by atoms with Gasteiger partial charge in [-0.1, -0.05) is 11.8 Å². The van der Waals surface area contributed by atoms with E-state index in [1.165, 1.54) is 36.0 Å². The monoisotopic (exact) mass is 570 g/mol. The molecule has 200 valence electrons. The zero-order valence-electron chi connectivity index (χ0n) is 20.7. The van der Waals surface area contributed by atoms with E-state index in [-0.39, 0.29) is 28.5 Å². The number of nitrogens with zero attached hydrogens (tertiary/aromatic N) is 5. The van der Waals surface area contributed by atoms with Crippen LogP contribution < -0.4 is 9.47 Å². The van der Waals surface area contributed by atoms with E-state index in [1.54, 1.807) is 44.3 Å². The van der Waals surface area contributed by atoms with E-state index in [4.69, 9.17) is 9.47 Å². The van der Waals surface area contributed by atoms with Crippen LogP contribution in [0.2, 0.25) is 0 Å². The van der Waals surface area contributed by atoms with Gasteiger partial charge in [0.1, 0.15) is 17.5 Å². The smallest absolute Gasteiger partial charge is 0.204 e. The van der Waals surface area contributed by atoms with E-state index in [9.17, 15) is 13.2 Å². The van der Waals surface area contributed by atoms with Crippen LogP contribution in [0.5, 0.6) is 11.5 Å². The zero-order chi connectivity index (χ0) is 27.4. The van der Waals surface area contributed by atoms with Gasteiger partial charge < -0.3 is 9.47 Å². The molecule has 0 spiro atoms. The van der Waals surface area contributed by atoms with Crippen LogP contribution in [0.3, 0.4) is 0 Å². The lowest BCUT2D eigenvalue weighted by Gasteiger charge is -2.13. The fraction of sp³-hybridized carbons (Fsp3) is 0.154. The number of nitrogens with one attached hydrogen (secondary N) is 1. The average molecular weight is 571 g/mol. The molecule has 2 aromatic heterocycles. The Hall–Kier alpha value is -3.97. The lowest BCUT2D eigenvalue weighted by Crippen LogP contribution is -2.02. The number of halogens is 3. The third-order valence-corrected chi connectivity index (χ3v) is 7.73. The molecule has 0 atom stereocenters. The van der Waals surface area contributed by atoms with Crippen LogP contribution in [-0.4, -0.2) is 44.4 Å². The molecular formula is C26H21F3N6O2S2. The van der Waals surface area contributed by atoms with Gasteiger partial charge in [-0.05, 0) is 59.8 Å². The second-order valence-electron chi connectivity index (χ2n) is 8.09. The van der Waals surface area contributed by atoms with Crippen LogP contribution in [0.1, 0.15) is 11.3 Å². The van der Waals surface area contributed by atoms with Crippen molar-refractivity contribution in [3.63, 3.8) is 0 Å². The molecular weight excluding hydrogens is 549 g/mol. The minimum atomic E-state index is -0.730. The van der Waals surface area contributed by atoms with Gasteiger partial charge in [-0.3, -0.25) is 4.57 Å². The van der Waals surface area contributed by atoms with Crippen molar-refractivity contribution in [3.8, 4) is 28.6 Å². The predicted molar refractivity (Wildman–Crippen MR) is 142 cm³/mol. The van der Waals surface area contributed by atoms with Crippen LogP contribution in [0.15, 0.2) is 70.8 Å². The van der Waals surface area contributed by atoms with Gasteiger partial charge in [0.2, 0.25) is 5.82 Å².